The predicted octanol–water partition coefficient (Wildman–Crippen LogP) is 0.304. The van der Waals surface area contributed by atoms with Crippen molar-refractivity contribution in [1.29, 1.82) is 0 Å². The van der Waals surface area contributed by atoms with Crippen molar-refractivity contribution in [1.82, 2.24) is 5.32 Å². The summed E-state index contributed by atoms with van der Waals surface area (Å²) in [5, 5.41) is 11.7. The molecule has 2 amide bonds. The Labute approximate surface area is 93.3 Å². The summed E-state index contributed by atoms with van der Waals surface area (Å²) in [5.74, 6) is -0.863. The third kappa shape index (κ3) is 2.73. The minimum Gasteiger partial charge on any atom is -0.508 e. The van der Waals surface area contributed by atoms with Crippen LogP contribution in [0, 0.1) is 6.92 Å². The van der Waals surface area contributed by atoms with Crippen LogP contribution in [0.3, 0.4) is 0 Å². The number of hydrogen-bond donors (Lipinski definition) is 3. The Morgan fingerprint density at radius 1 is 1.44 bits per heavy atom. The van der Waals surface area contributed by atoms with Crippen molar-refractivity contribution >= 4 is 11.8 Å². The van der Waals surface area contributed by atoms with Crippen molar-refractivity contribution in [2.75, 3.05) is 0 Å². The lowest BCUT2D eigenvalue weighted by Gasteiger charge is -2.10. The molecule has 16 heavy (non-hydrogen) atoms. The second-order valence-electron chi connectivity index (χ2n) is 3.60. The average molecular weight is 222 g/mol. The number of hydrogen-bond acceptors (Lipinski definition) is 3. The second kappa shape index (κ2) is 4.65. The maximum absolute atomic E-state index is 11.6. The van der Waals surface area contributed by atoms with Gasteiger partial charge in [0.2, 0.25) is 5.91 Å². The molecule has 0 spiro atoms. The molecule has 0 fully saturated rings. The SMILES string of the molecule is Cc1cc(C(=O)NC(C)C(N)=O)ccc1O. The van der Waals surface area contributed by atoms with Crippen LogP contribution in [0.15, 0.2) is 18.2 Å². The van der Waals surface area contributed by atoms with Gasteiger partial charge in [-0.1, -0.05) is 0 Å². The van der Waals surface area contributed by atoms with E-state index in [1.807, 2.05) is 0 Å². The molecule has 4 N–H and O–H groups in total. The first-order valence-electron chi connectivity index (χ1n) is 4.81. The standard InChI is InChI=1S/C11H14N2O3/c1-6-5-8(3-4-9(6)14)11(16)13-7(2)10(12)15/h3-5,7,14H,1-2H3,(H2,12,15)(H,13,16). The molecule has 1 unspecified atom stereocenters. The summed E-state index contributed by atoms with van der Waals surface area (Å²) >= 11 is 0. The van der Waals surface area contributed by atoms with Crippen molar-refractivity contribution in [2.24, 2.45) is 5.73 Å². The van der Waals surface area contributed by atoms with Crippen molar-refractivity contribution in [2.45, 2.75) is 19.9 Å². The Bertz CT molecular complexity index is 429. The van der Waals surface area contributed by atoms with Crippen LogP contribution in [0.1, 0.15) is 22.8 Å². The van der Waals surface area contributed by atoms with E-state index in [4.69, 9.17) is 5.73 Å². The third-order valence-corrected chi connectivity index (χ3v) is 2.23. The number of aryl methyl sites for hydroxylation is 1. The highest BCUT2D eigenvalue weighted by atomic mass is 16.3. The molecule has 5 heteroatoms. The minimum atomic E-state index is -0.721. The van der Waals surface area contributed by atoms with Gasteiger partial charge in [-0.25, -0.2) is 0 Å². The van der Waals surface area contributed by atoms with E-state index >= 15 is 0 Å². The quantitative estimate of drug-likeness (QED) is 0.687. The van der Waals surface area contributed by atoms with E-state index in [1.54, 1.807) is 13.0 Å². The van der Waals surface area contributed by atoms with Gasteiger partial charge in [-0.3, -0.25) is 9.59 Å². The van der Waals surface area contributed by atoms with E-state index < -0.39 is 17.9 Å². The van der Waals surface area contributed by atoms with Gasteiger partial charge in [0.15, 0.2) is 0 Å². The van der Waals surface area contributed by atoms with E-state index in [0.29, 0.717) is 11.1 Å². The molecule has 0 radical (unpaired) electrons. The van der Waals surface area contributed by atoms with Crippen LogP contribution in [0.2, 0.25) is 0 Å². The van der Waals surface area contributed by atoms with E-state index in [1.165, 1.54) is 19.1 Å². The lowest BCUT2D eigenvalue weighted by atomic mass is 10.1. The molecular weight excluding hydrogens is 208 g/mol. The summed E-state index contributed by atoms with van der Waals surface area (Å²) in [6.45, 7) is 3.19. The molecule has 0 bridgehead atoms. The Balaban J connectivity index is 2.81. The topological polar surface area (TPSA) is 92.4 Å². The highest BCUT2D eigenvalue weighted by Crippen LogP contribution is 2.16. The predicted molar refractivity (Wildman–Crippen MR) is 59.0 cm³/mol. The number of amides is 2. The summed E-state index contributed by atoms with van der Waals surface area (Å²) in [6, 6.07) is 3.73. The molecule has 1 aromatic rings. The summed E-state index contributed by atoms with van der Waals surface area (Å²) in [5.41, 5.74) is 6.00. The highest BCUT2D eigenvalue weighted by Gasteiger charge is 2.14. The summed E-state index contributed by atoms with van der Waals surface area (Å²) in [4.78, 5) is 22.4. The molecule has 0 aromatic heterocycles. The van der Waals surface area contributed by atoms with Crippen molar-refractivity contribution in [3.8, 4) is 5.75 Å². The molecule has 86 valence electrons. The van der Waals surface area contributed by atoms with Crippen molar-refractivity contribution < 1.29 is 14.7 Å². The molecule has 5 nitrogen and oxygen atoms in total. The number of phenols is 1. The van der Waals surface area contributed by atoms with E-state index in [9.17, 15) is 14.7 Å². The second-order valence-corrected chi connectivity index (χ2v) is 3.60. The zero-order valence-electron chi connectivity index (χ0n) is 9.15. The largest absolute Gasteiger partial charge is 0.508 e. The van der Waals surface area contributed by atoms with Crippen LogP contribution in [-0.2, 0) is 4.79 Å². The van der Waals surface area contributed by atoms with Gasteiger partial charge in [-0.05, 0) is 37.6 Å². The van der Waals surface area contributed by atoms with Crippen molar-refractivity contribution in [3.05, 3.63) is 29.3 Å². The molecule has 0 saturated heterocycles. The molecule has 1 rings (SSSR count). The Morgan fingerprint density at radius 2 is 2.06 bits per heavy atom. The number of nitrogens with two attached hydrogens (primary N) is 1. The fourth-order valence-corrected chi connectivity index (χ4v) is 1.15. The number of aromatic hydroxyl groups is 1. The molecule has 0 heterocycles. The van der Waals surface area contributed by atoms with Gasteiger partial charge in [-0.15, -0.1) is 0 Å². The van der Waals surface area contributed by atoms with Crippen LogP contribution < -0.4 is 11.1 Å². The Morgan fingerprint density at radius 3 is 2.56 bits per heavy atom. The van der Waals surface area contributed by atoms with Crippen molar-refractivity contribution in [3.63, 3.8) is 0 Å². The monoisotopic (exact) mass is 222 g/mol. The lowest BCUT2D eigenvalue weighted by molar-refractivity contribution is -0.119. The number of benzene rings is 1. The van der Waals surface area contributed by atoms with Gasteiger partial charge >= 0.3 is 0 Å². The number of carbonyl (C=O) groups excluding carboxylic acids is 2. The fourth-order valence-electron chi connectivity index (χ4n) is 1.15. The third-order valence-electron chi connectivity index (χ3n) is 2.23. The zero-order valence-corrected chi connectivity index (χ0v) is 9.15. The van der Waals surface area contributed by atoms with E-state index in [-0.39, 0.29) is 5.75 Å². The maximum Gasteiger partial charge on any atom is 0.251 e. The van der Waals surface area contributed by atoms with Crippen LogP contribution in [-0.4, -0.2) is 23.0 Å². The fraction of sp³-hybridized carbons (Fsp3) is 0.273. The number of phenolic OH excluding ortho intramolecular Hbond substituents is 1. The molecule has 0 saturated carbocycles. The summed E-state index contributed by atoms with van der Waals surface area (Å²) in [7, 11) is 0. The van der Waals surface area contributed by atoms with E-state index in [2.05, 4.69) is 5.32 Å². The van der Waals surface area contributed by atoms with Crippen LogP contribution in [0.25, 0.3) is 0 Å². The number of carbonyl (C=O) groups is 2. The molecule has 0 aliphatic carbocycles. The molecular formula is C11H14N2O3. The van der Waals surface area contributed by atoms with E-state index in [0.717, 1.165) is 0 Å². The van der Waals surface area contributed by atoms with Gasteiger partial charge in [0.05, 0.1) is 0 Å². The number of rotatable bonds is 3. The van der Waals surface area contributed by atoms with Gasteiger partial charge in [-0.2, -0.15) is 0 Å². The normalized spacial score (nSPS) is 11.9. The lowest BCUT2D eigenvalue weighted by Crippen LogP contribution is -2.42. The van der Waals surface area contributed by atoms with Gasteiger partial charge in [0.25, 0.3) is 5.91 Å². The zero-order chi connectivity index (χ0) is 12.3. The molecule has 1 atom stereocenters. The van der Waals surface area contributed by atoms with Crippen LogP contribution in [0.5, 0.6) is 5.75 Å². The van der Waals surface area contributed by atoms with Gasteiger partial charge in [0.1, 0.15) is 11.8 Å². The first-order chi connectivity index (χ1) is 7.41. The van der Waals surface area contributed by atoms with Crippen LogP contribution in [0.4, 0.5) is 0 Å². The summed E-state index contributed by atoms with van der Waals surface area (Å²) < 4.78 is 0. The molecule has 0 aliphatic rings. The molecule has 1 aromatic carbocycles. The number of nitrogens with one attached hydrogen (secondary N) is 1. The Kier molecular flexibility index (Phi) is 3.50. The smallest absolute Gasteiger partial charge is 0.251 e. The first-order valence-corrected chi connectivity index (χ1v) is 4.81. The summed E-state index contributed by atoms with van der Waals surface area (Å²) in [6.07, 6.45) is 0. The highest BCUT2D eigenvalue weighted by molar-refractivity contribution is 5.97. The first kappa shape index (κ1) is 12.0. The van der Waals surface area contributed by atoms with Gasteiger partial charge < -0.3 is 16.2 Å². The molecule has 0 aliphatic heterocycles. The average Bonchev–Trinajstić information content (AvgIpc) is 2.21. The van der Waals surface area contributed by atoms with Crippen LogP contribution >= 0.6 is 0 Å². The minimum absolute atomic E-state index is 0.125. The Hall–Kier alpha value is -2.04. The number of primary amides is 1. The maximum atomic E-state index is 11.6. The van der Waals surface area contributed by atoms with Gasteiger partial charge in [0, 0.05) is 5.56 Å².